The van der Waals surface area contributed by atoms with Crippen LogP contribution in [0.2, 0.25) is 0 Å². The summed E-state index contributed by atoms with van der Waals surface area (Å²) in [6.07, 6.45) is 4.27. The molecule has 0 amide bonds. The van der Waals surface area contributed by atoms with E-state index in [1.54, 1.807) is 0 Å². The van der Waals surface area contributed by atoms with Crippen molar-refractivity contribution in [2.24, 2.45) is 5.92 Å². The average molecular weight is 198 g/mol. The largest absolute Gasteiger partial charge is 0.312 e. The molecule has 1 unspecified atom stereocenters. The standard InChI is InChI=1S/C12H26N2/c1-6-7-8-13-12(9-11(2)3)10-14(4)5/h6,11-13H,1,7-10H2,2-5H3. The zero-order valence-corrected chi connectivity index (χ0v) is 10.2. The third kappa shape index (κ3) is 8.27. The van der Waals surface area contributed by atoms with Crippen molar-refractivity contribution in [3.63, 3.8) is 0 Å². The Morgan fingerprint density at radius 2 is 2.00 bits per heavy atom. The summed E-state index contributed by atoms with van der Waals surface area (Å²) in [5.41, 5.74) is 0. The molecule has 0 spiro atoms. The van der Waals surface area contributed by atoms with Crippen LogP contribution in [-0.4, -0.2) is 38.1 Å². The highest BCUT2D eigenvalue weighted by Gasteiger charge is 2.10. The molecule has 0 aromatic carbocycles. The molecule has 0 bridgehead atoms. The quantitative estimate of drug-likeness (QED) is 0.475. The van der Waals surface area contributed by atoms with Gasteiger partial charge in [0.25, 0.3) is 0 Å². The average Bonchev–Trinajstić information content (AvgIpc) is 2.02. The fraction of sp³-hybridized carbons (Fsp3) is 0.833. The third-order valence-electron chi connectivity index (χ3n) is 2.12. The Hall–Kier alpha value is -0.340. The van der Waals surface area contributed by atoms with Crippen molar-refractivity contribution in [3.05, 3.63) is 12.7 Å². The predicted octanol–water partition coefficient (Wildman–Crippen LogP) is 2.13. The monoisotopic (exact) mass is 198 g/mol. The van der Waals surface area contributed by atoms with Crippen LogP contribution < -0.4 is 5.32 Å². The molecule has 1 N–H and O–H groups in total. The van der Waals surface area contributed by atoms with Gasteiger partial charge in [-0.05, 0) is 39.4 Å². The zero-order valence-electron chi connectivity index (χ0n) is 10.2. The summed E-state index contributed by atoms with van der Waals surface area (Å²) in [5.74, 6) is 0.760. The highest BCUT2D eigenvalue weighted by Crippen LogP contribution is 2.05. The van der Waals surface area contributed by atoms with Gasteiger partial charge in [0.15, 0.2) is 0 Å². The normalized spacial score (nSPS) is 13.6. The zero-order chi connectivity index (χ0) is 11.0. The Morgan fingerprint density at radius 1 is 1.36 bits per heavy atom. The minimum absolute atomic E-state index is 0.616. The van der Waals surface area contributed by atoms with Gasteiger partial charge in [-0.15, -0.1) is 6.58 Å². The molecule has 0 saturated heterocycles. The Balaban J connectivity index is 3.77. The highest BCUT2D eigenvalue weighted by molar-refractivity contribution is 4.74. The van der Waals surface area contributed by atoms with Crippen LogP contribution in [0.25, 0.3) is 0 Å². The van der Waals surface area contributed by atoms with Crippen molar-refractivity contribution in [3.8, 4) is 0 Å². The van der Waals surface area contributed by atoms with Crippen LogP contribution >= 0.6 is 0 Å². The van der Waals surface area contributed by atoms with E-state index in [9.17, 15) is 0 Å². The molecule has 1 atom stereocenters. The van der Waals surface area contributed by atoms with Crippen LogP contribution in [0.1, 0.15) is 26.7 Å². The van der Waals surface area contributed by atoms with E-state index in [1.165, 1.54) is 6.42 Å². The number of nitrogens with zero attached hydrogens (tertiary/aromatic N) is 1. The molecule has 0 aliphatic heterocycles. The van der Waals surface area contributed by atoms with Crippen LogP contribution in [0.3, 0.4) is 0 Å². The maximum atomic E-state index is 3.73. The molecular weight excluding hydrogens is 172 g/mol. The lowest BCUT2D eigenvalue weighted by Gasteiger charge is -2.23. The summed E-state index contributed by atoms with van der Waals surface area (Å²) in [7, 11) is 4.25. The van der Waals surface area contributed by atoms with Gasteiger partial charge < -0.3 is 10.2 Å². The maximum Gasteiger partial charge on any atom is 0.0197 e. The Kier molecular flexibility index (Phi) is 7.81. The molecular formula is C12H26N2. The van der Waals surface area contributed by atoms with Crippen LogP contribution in [0, 0.1) is 5.92 Å². The van der Waals surface area contributed by atoms with E-state index in [2.05, 4.69) is 44.7 Å². The fourth-order valence-electron chi connectivity index (χ4n) is 1.62. The van der Waals surface area contributed by atoms with Crippen LogP contribution in [0.4, 0.5) is 0 Å². The number of likely N-dealkylation sites (N-methyl/N-ethyl adjacent to an activating group) is 1. The summed E-state index contributed by atoms with van der Waals surface area (Å²) in [6, 6.07) is 0.616. The fourth-order valence-corrected chi connectivity index (χ4v) is 1.62. The molecule has 2 nitrogen and oxygen atoms in total. The second-order valence-electron chi connectivity index (χ2n) is 4.62. The van der Waals surface area contributed by atoms with Crippen molar-refractivity contribution >= 4 is 0 Å². The van der Waals surface area contributed by atoms with Gasteiger partial charge in [0.05, 0.1) is 0 Å². The Bertz CT molecular complexity index is 131. The molecule has 0 heterocycles. The smallest absolute Gasteiger partial charge is 0.0197 e. The van der Waals surface area contributed by atoms with Crippen molar-refractivity contribution in [2.45, 2.75) is 32.7 Å². The van der Waals surface area contributed by atoms with E-state index in [0.29, 0.717) is 6.04 Å². The highest BCUT2D eigenvalue weighted by atomic mass is 15.1. The lowest BCUT2D eigenvalue weighted by Crippen LogP contribution is -2.39. The Labute approximate surface area is 89.4 Å². The second kappa shape index (κ2) is 8.01. The molecule has 2 heteroatoms. The molecule has 0 aromatic rings. The topological polar surface area (TPSA) is 15.3 Å². The molecule has 84 valence electrons. The van der Waals surface area contributed by atoms with Crippen molar-refractivity contribution < 1.29 is 0 Å². The summed E-state index contributed by atoms with van der Waals surface area (Å²) in [4.78, 5) is 2.24. The van der Waals surface area contributed by atoms with E-state index in [-0.39, 0.29) is 0 Å². The van der Waals surface area contributed by atoms with Gasteiger partial charge in [-0.2, -0.15) is 0 Å². The lowest BCUT2D eigenvalue weighted by atomic mass is 10.0. The summed E-state index contributed by atoms with van der Waals surface area (Å²) >= 11 is 0. The van der Waals surface area contributed by atoms with E-state index >= 15 is 0 Å². The molecule has 0 aliphatic carbocycles. The third-order valence-corrected chi connectivity index (χ3v) is 2.12. The van der Waals surface area contributed by atoms with E-state index in [1.807, 2.05) is 6.08 Å². The van der Waals surface area contributed by atoms with Crippen molar-refractivity contribution in [1.82, 2.24) is 10.2 Å². The SMILES string of the molecule is C=CCCNC(CC(C)C)CN(C)C. The second-order valence-corrected chi connectivity index (χ2v) is 4.62. The number of hydrogen-bond donors (Lipinski definition) is 1. The number of rotatable bonds is 8. The first-order chi connectivity index (χ1) is 6.56. The first-order valence-corrected chi connectivity index (χ1v) is 5.55. The number of hydrogen-bond acceptors (Lipinski definition) is 2. The molecule has 0 aromatic heterocycles. The van der Waals surface area contributed by atoms with Gasteiger partial charge in [-0.25, -0.2) is 0 Å². The number of nitrogens with one attached hydrogen (secondary N) is 1. The molecule has 0 radical (unpaired) electrons. The van der Waals surface area contributed by atoms with E-state index in [0.717, 1.165) is 25.4 Å². The van der Waals surface area contributed by atoms with Gasteiger partial charge in [-0.1, -0.05) is 19.9 Å². The van der Waals surface area contributed by atoms with Gasteiger partial charge in [0, 0.05) is 12.6 Å². The Morgan fingerprint density at radius 3 is 2.43 bits per heavy atom. The lowest BCUT2D eigenvalue weighted by molar-refractivity contribution is 0.307. The minimum Gasteiger partial charge on any atom is -0.312 e. The van der Waals surface area contributed by atoms with Crippen molar-refractivity contribution in [2.75, 3.05) is 27.2 Å². The van der Waals surface area contributed by atoms with Gasteiger partial charge in [0.2, 0.25) is 0 Å². The first-order valence-electron chi connectivity index (χ1n) is 5.55. The molecule has 0 fully saturated rings. The van der Waals surface area contributed by atoms with Gasteiger partial charge in [-0.3, -0.25) is 0 Å². The van der Waals surface area contributed by atoms with Crippen LogP contribution in [0.5, 0.6) is 0 Å². The first kappa shape index (κ1) is 13.7. The maximum absolute atomic E-state index is 3.73. The van der Waals surface area contributed by atoms with Gasteiger partial charge in [0.1, 0.15) is 0 Å². The molecule has 0 rings (SSSR count). The predicted molar refractivity (Wildman–Crippen MR) is 64.6 cm³/mol. The summed E-state index contributed by atoms with van der Waals surface area (Å²) in [6.45, 7) is 10.5. The van der Waals surface area contributed by atoms with Crippen LogP contribution in [-0.2, 0) is 0 Å². The molecule has 0 saturated carbocycles. The molecule has 14 heavy (non-hydrogen) atoms. The summed E-state index contributed by atoms with van der Waals surface area (Å²) < 4.78 is 0. The minimum atomic E-state index is 0.616. The summed E-state index contributed by atoms with van der Waals surface area (Å²) in [5, 5.41) is 3.57. The van der Waals surface area contributed by atoms with Gasteiger partial charge >= 0.3 is 0 Å². The van der Waals surface area contributed by atoms with Crippen LogP contribution in [0.15, 0.2) is 12.7 Å². The van der Waals surface area contributed by atoms with Crippen molar-refractivity contribution in [1.29, 1.82) is 0 Å². The van der Waals surface area contributed by atoms with E-state index in [4.69, 9.17) is 0 Å². The van der Waals surface area contributed by atoms with E-state index < -0.39 is 0 Å². The molecule has 0 aliphatic rings.